The molecule has 0 aliphatic heterocycles. The molecule has 0 spiro atoms. The third kappa shape index (κ3) is 3.23. The van der Waals surface area contributed by atoms with E-state index in [4.69, 9.17) is 0 Å². The summed E-state index contributed by atoms with van der Waals surface area (Å²) in [6.45, 7) is 5.22. The van der Waals surface area contributed by atoms with Crippen LogP contribution in [0.2, 0.25) is 0 Å². The normalized spacial score (nSPS) is 46.2. The fraction of sp³-hybridized carbons (Fsp3) is 0.750. The lowest BCUT2D eigenvalue weighted by Gasteiger charge is -2.50. The number of aliphatic hydroxyl groups excluding tert-OH is 2. The van der Waals surface area contributed by atoms with Gasteiger partial charge in [-0.15, -0.1) is 0 Å². The molecule has 3 rings (SSSR count). The van der Waals surface area contributed by atoms with Crippen LogP contribution < -0.4 is 0 Å². The summed E-state index contributed by atoms with van der Waals surface area (Å²) < 4.78 is 0. The van der Waals surface area contributed by atoms with Crippen molar-refractivity contribution < 1.29 is 25.2 Å². The largest absolute Gasteiger partial charge is 0.393 e. The smallest absolute Gasteiger partial charge is 0.146 e. The number of carbonyl (C=O) groups is 1. The summed E-state index contributed by atoms with van der Waals surface area (Å²) >= 11 is 0. The molecule has 5 nitrogen and oxygen atoms in total. The van der Waals surface area contributed by atoms with E-state index in [0.717, 1.165) is 6.29 Å². The van der Waals surface area contributed by atoms with E-state index in [1.807, 2.05) is 6.92 Å². The van der Waals surface area contributed by atoms with E-state index in [0.29, 0.717) is 43.3 Å². The fourth-order valence-corrected chi connectivity index (χ4v) is 5.36. The fourth-order valence-electron chi connectivity index (χ4n) is 5.36. The predicted molar refractivity (Wildman–Crippen MR) is 93.7 cm³/mol. The van der Waals surface area contributed by atoms with Crippen LogP contribution in [0.15, 0.2) is 23.3 Å². The molecule has 0 aromatic rings. The number of hydrogen-bond donors (Lipinski definition) is 4. The van der Waals surface area contributed by atoms with Crippen LogP contribution in [0.4, 0.5) is 0 Å². The van der Waals surface area contributed by atoms with Gasteiger partial charge in [-0.3, -0.25) is 4.79 Å². The first-order valence-electron chi connectivity index (χ1n) is 9.19. The molecule has 25 heavy (non-hydrogen) atoms. The first-order valence-corrected chi connectivity index (χ1v) is 9.19. The van der Waals surface area contributed by atoms with Gasteiger partial charge in [0.15, 0.2) is 0 Å². The van der Waals surface area contributed by atoms with Gasteiger partial charge in [0.25, 0.3) is 0 Å². The number of aldehydes is 1. The molecule has 0 amide bonds. The Hall–Kier alpha value is -1.01. The number of aliphatic hydroxyl groups is 4. The summed E-state index contributed by atoms with van der Waals surface area (Å²) in [4.78, 5) is 11.7. The second-order valence-electron chi connectivity index (χ2n) is 9.16. The zero-order chi connectivity index (χ0) is 18.6. The highest BCUT2D eigenvalue weighted by atomic mass is 16.3. The third-order valence-corrected chi connectivity index (χ3v) is 6.54. The number of fused-ring (bicyclic) bond motifs is 4. The van der Waals surface area contributed by atoms with Crippen LogP contribution in [0.1, 0.15) is 52.9 Å². The topological polar surface area (TPSA) is 98.0 Å². The Kier molecular flexibility index (Phi) is 4.52. The summed E-state index contributed by atoms with van der Waals surface area (Å²) in [6.07, 6.45) is 5.29. The van der Waals surface area contributed by atoms with E-state index in [9.17, 15) is 25.2 Å². The van der Waals surface area contributed by atoms with Crippen molar-refractivity contribution in [2.45, 2.75) is 76.3 Å². The van der Waals surface area contributed by atoms with Crippen molar-refractivity contribution >= 4 is 6.29 Å². The van der Waals surface area contributed by atoms with Gasteiger partial charge in [0.05, 0.1) is 23.4 Å². The average Bonchev–Trinajstić information content (AvgIpc) is 2.59. The lowest BCUT2D eigenvalue weighted by Crippen LogP contribution is -2.55. The predicted octanol–water partition coefficient (Wildman–Crippen LogP) is 1.49. The van der Waals surface area contributed by atoms with Gasteiger partial charge in [-0.1, -0.05) is 6.92 Å². The molecule has 0 unspecified atom stereocenters. The van der Waals surface area contributed by atoms with Crippen LogP contribution in [-0.2, 0) is 4.79 Å². The maximum Gasteiger partial charge on any atom is 0.146 e. The van der Waals surface area contributed by atoms with Gasteiger partial charge in [-0.2, -0.15) is 0 Å². The Morgan fingerprint density at radius 1 is 1.24 bits per heavy atom. The highest BCUT2D eigenvalue weighted by Gasteiger charge is 2.57. The number of allylic oxidation sites excluding steroid dienone is 1. The molecular weight excluding hydrogens is 320 g/mol. The second-order valence-corrected chi connectivity index (χ2v) is 9.16. The molecule has 140 valence electrons. The molecule has 0 radical (unpaired) electrons. The van der Waals surface area contributed by atoms with Gasteiger partial charge in [0, 0.05) is 5.92 Å². The Morgan fingerprint density at radius 3 is 2.52 bits per heavy atom. The van der Waals surface area contributed by atoms with Crippen LogP contribution >= 0.6 is 0 Å². The van der Waals surface area contributed by atoms with Crippen LogP contribution in [-0.4, -0.2) is 50.1 Å². The molecule has 0 aromatic carbocycles. The van der Waals surface area contributed by atoms with Crippen molar-refractivity contribution in [3.05, 3.63) is 23.3 Å². The Labute approximate surface area is 149 Å². The van der Waals surface area contributed by atoms with Gasteiger partial charge in [0.1, 0.15) is 6.29 Å². The Balaban J connectivity index is 2.10. The van der Waals surface area contributed by atoms with Crippen LogP contribution in [0, 0.1) is 17.3 Å². The van der Waals surface area contributed by atoms with Crippen molar-refractivity contribution in [3.8, 4) is 0 Å². The van der Waals surface area contributed by atoms with E-state index < -0.39 is 34.7 Å². The molecule has 0 saturated heterocycles. The summed E-state index contributed by atoms with van der Waals surface area (Å²) in [7, 11) is 0. The summed E-state index contributed by atoms with van der Waals surface area (Å²) in [5.41, 5.74) is -1.62. The lowest BCUT2D eigenvalue weighted by molar-refractivity contribution is -0.146. The van der Waals surface area contributed by atoms with Gasteiger partial charge in [-0.05, 0) is 80.6 Å². The molecule has 0 aromatic heterocycles. The van der Waals surface area contributed by atoms with Crippen LogP contribution in [0.3, 0.4) is 0 Å². The van der Waals surface area contributed by atoms with E-state index in [2.05, 4.69) is 0 Å². The number of carbonyl (C=O) groups excluding carboxylic acids is 1. The second kappa shape index (κ2) is 6.02. The van der Waals surface area contributed by atoms with Crippen LogP contribution in [0.5, 0.6) is 0 Å². The third-order valence-electron chi connectivity index (χ3n) is 6.54. The molecule has 5 heteroatoms. The number of hydrogen-bond acceptors (Lipinski definition) is 5. The van der Waals surface area contributed by atoms with E-state index in [-0.39, 0.29) is 5.92 Å². The standard InChI is InChI=1S/C20H30O5/c1-18(2,24)9-12-8-13(10-21)14-4-6-19(3)11-20(25,7-5-15(19)22)16(14)17(12)23/h8-10,14-17,22-25H,4-7,11H2,1-3H3/b12-9-/t14-,15+,16+,17+,19+,20-/m1/s1. The summed E-state index contributed by atoms with van der Waals surface area (Å²) in [6, 6.07) is 0. The SMILES string of the molecule is CC(C)(O)/C=C1/C=C(C=O)[C@H]2CC[C@@]3(C)C[C@](O)(CC[C@@H]3O)[C@@H]2[C@H]1O. The van der Waals surface area contributed by atoms with Crippen molar-refractivity contribution in [2.75, 3.05) is 0 Å². The minimum absolute atomic E-state index is 0.233. The highest BCUT2D eigenvalue weighted by Crippen LogP contribution is 2.56. The molecule has 2 bridgehead atoms. The Bertz CT molecular complexity index is 616. The molecule has 3 aliphatic carbocycles. The molecule has 2 fully saturated rings. The van der Waals surface area contributed by atoms with E-state index in [1.54, 1.807) is 26.0 Å². The van der Waals surface area contributed by atoms with Gasteiger partial charge in [0.2, 0.25) is 0 Å². The van der Waals surface area contributed by atoms with Gasteiger partial charge in [-0.25, -0.2) is 0 Å². The van der Waals surface area contributed by atoms with Gasteiger partial charge >= 0.3 is 0 Å². The van der Waals surface area contributed by atoms with E-state index >= 15 is 0 Å². The monoisotopic (exact) mass is 350 g/mol. The van der Waals surface area contributed by atoms with Crippen molar-refractivity contribution in [3.63, 3.8) is 0 Å². The number of rotatable bonds is 2. The molecule has 0 heterocycles. The quantitative estimate of drug-likeness (QED) is 0.566. The van der Waals surface area contributed by atoms with Gasteiger partial charge < -0.3 is 20.4 Å². The van der Waals surface area contributed by atoms with Crippen LogP contribution in [0.25, 0.3) is 0 Å². The van der Waals surface area contributed by atoms with E-state index in [1.165, 1.54) is 0 Å². The molecule has 6 atom stereocenters. The van der Waals surface area contributed by atoms with Crippen molar-refractivity contribution in [2.24, 2.45) is 17.3 Å². The zero-order valence-corrected chi connectivity index (χ0v) is 15.3. The molecular formula is C20H30O5. The zero-order valence-electron chi connectivity index (χ0n) is 15.3. The molecule has 4 N–H and O–H groups in total. The lowest BCUT2D eigenvalue weighted by atomic mass is 9.60. The first-order chi connectivity index (χ1) is 11.5. The maximum atomic E-state index is 11.7. The Morgan fingerprint density at radius 2 is 1.92 bits per heavy atom. The highest BCUT2D eigenvalue weighted by molar-refractivity contribution is 5.76. The summed E-state index contributed by atoms with van der Waals surface area (Å²) in [5, 5.41) is 43.0. The summed E-state index contributed by atoms with van der Waals surface area (Å²) in [5.74, 6) is -0.732. The maximum absolute atomic E-state index is 11.7. The minimum Gasteiger partial charge on any atom is -0.393 e. The average molecular weight is 350 g/mol. The first kappa shape index (κ1) is 18.8. The minimum atomic E-state index is -1.13. The van der Waals surface area contributed by atoms with Crippen molar-refractivity contribution in [1.29, 1.82) is 0 Å². The molecule has 2 saturated carbocycles. The molecule has 3 aliphatic rings. The van der Waals surface area contributed by atoms with Crippen molar-refractivity contribution in [1.82, 2.24) is 0 Å².